The minimum atomic E-state index is -0.308. The monoisotopic (exact) mass is 347 g/mol. The van der Waals surface area contributed by atoms with Crippen molar-refractivity contribution < 1.29 is 9.59 Å². The largest absolute Gasteiger partial charge is 0.372 e. The summed E-state index contributed by atoms with van der Waals surface area (Å²) < 4.78 is 0. The molecule has 0 unspecified atom stereocenters. The molecule has 26 heavy (non-hydrogen) atoms. The van der Waals surface area contributed by atoms with Crippen molar-refractivity contribution in [2.75, 3.05) is 30.4 Å². The predicted molar refractivity (Wildman–Crippen MR) is 103 cm³/mol. The molecule has 2 aliphatic heterocycles. The molecule has 1 saturated heterocycles. The Balaban J connectivity index is 1.65. The van der Waals surface area contributed by atoms with Gasteiger partial charge in [-0.25, -0.2) is 0 Å². The van der Waals surface area contributed by atoms with Crippen molar-refractivity contribution in [3.05, 3.63) is 65.9 Å². The van der Waals surface area contributed by atoms with Crippen molar-refractivity contribution >= 4 is 28.8 Å². The van der Waals surface area contributed by atoms with Crippen LogP contribution in [0.3, 0.4) is 0 Å². The maximum Gasteiger partial charge on any atom is 0.277 e. The van der Waals surface area contributed by atoms with E-state index >= 15 is 0 Å². The van der Waals surface area contributed by atoms with Crippen molar-refractivity contribution in [1.82, 2.24) is 4.90 Å². The average Bonchev–Trinajstić information content (AvgIpc) is 3.28. The van der Waals surface area contributed by atoms with E-state index in [9.17, 15) is 9.59 Å². The van der Waals surface area contributed by atoms with E-state index in [1.54, 1.807) is 0 Å². The van der Waals surface area contributed by atoms with Gasteiger partial charge in [0.2, 0.25) is 0 Å². The van der Waals surface area contributed by atoms with Gasteiger partial charge in [-0.05, 0) is 42.7 Å². The Morgan fingerprint density at radius 3 is 2.15 bits per heavy atom. The number of carbonyl (C=O) groups is 2. The molecule has 2 aliphatic rings. The number of imide groups is 1. The van der Waals surface area contributed by atoms with Crippen LogP contribution in [-0.4, -0.2) is 36.9 Å². The molecular formula is C21H21N3O2. The zero-order chi connectivity index (χ0) is 18.1. The van der Waals surface area contributed by atoms with Gasteiger partial charge in [0, 0.05) is 31.5 Å². The molecule has 4 rings (SSSR count). The molecule has 0 bridgehead atoms. The fourth-order valence-corrected chi connectivity index (χ4v) is 3.51. The zero-order valence-electron chi connectivity index (χ0n) is 14.7. The van der Waals surface area contributed by atoms with Gasteiger partial charge in [0.15, 0.2) is 0 Å². The van der Waals surface area contributed by atoms with E-state index in [2.05, 4.69) is 22.3 Å². The van der Waals surface area contributed by atoms with Gasteiger partial charge < -0.3 is 10.2 Å². The summed E-state index contributed by atoms with van der Waals surface area (Å²) in [6, 6.07) is 17.3. The van der Waals surface area contributed by atoms with E-state index in [1.165, 1.54) is 25.6 Å². The maximum atomic E-state index is 12.6. The standard InChI is InChI=1S/C21H21N3O2/c1-23-20(25)18(15-7-3-2-4-8-15)19(21(23)26)22-16-9-11-17(12-10-16)24-13-5-6-14-24/h2-4,7-12,22H,5-6,13-14H2,1H3. The fraction of sp³-hybridized carbons (Fsp3) is 0.238. The van der Waals surface area contributed by atoms with Crippen LogP contribution >= 0.6 is 0 Å². The minimum Gasteiger partial charge on any atom is -0.372 e. The highest BCUT2D eigenvalue weighted by molar-refractivity contribution is 6.36. The van der Waals surface area contributed by atoms with Crippen molar-refractivity contribution in [2.45, 2.75) is 12.8 Å². The summed E-state index contributed by atoms with van der Waals surface area (Å²) in [6.07, 6.45) is 2.46. The Hall–Kier alpha value is -3.08. The third kappa shape index (κ3) is 2.86. The lowest BCUT2D eigenvalue weighted by Gasteiger charge is -2.18. The van der Waals surface area contributed by atoms with E-state index in [0.717, 1.165) is 29.2 Å². The van der Waals surface area contributed by atoms with Crippen LogP contribution in [0.2, 0.25) is 0 Å². The number of carbonyl (C=O) groups excluding carboxylic acids is 2. The Morgan fingerprint density at radius 2 is 1.50 bits per heavy atom. The number of rotatable bonds is 4. The molecule has 0 spiro atoms. The second-order valence-electron chi connectivity index (χ2n) is 6.65. The summed E-state index contributed by atoms with van der Waals surface area (Å²) in [5.74, 6) is -0.588. The SMILES string of the molecule is CN1C(=O)C(Nc2ccc(N3CCCC3)cc2)=C(c2ccccc2)C1=O. The molecule has 2 amide bonds. The molecule has 2 aromatic rings. The van der Waals surface area contributed by atoms with Gasteiger partial charge in [0.1, 0.15) is 5.70 Å². The van der Waals surface area contributed by atoms with E-state index in [0.29, 0.717) is 11.3 Å². The number of nitrogens with zero attached hydrogens (tertiary/aromatic N) is 2. The average molecular weight is 347 g/mol. The highest BCUT2D eigenvalue weighted by Gasteiger charge is 2.36. The van der Waals surface area contributed by atoms with Gasteiger partial charge in [-0.2, -0.15) is 0 Å². The Morgan fingerprint density at radius 1 is 0.846 bits per heavy atom. The molecule has 0 aromatic heterocycles. The Bertz CT molecular complexity index is 866. The van der Waals surface area contributed by atoms with Gasteiger partial charge in [-0.3, -0.25) is 14.5 Å². The molecule has 5 heteroatoms. The van der Waals surface area contributed by atoms with Crippen molar-refractivity contribution in [1.29, 1.82) is 0 Å². The summed E-state index contributed by atoms with van der Waals surface area (Å²) in [7, 11) is 1.51. The van der Waals surface area contributed by atoms with Gasteiger partial charge >= 0.3 is 0 Å². The molecule has 2 aromatic carbocycles. The number of likely N-dealkylation sites (N-methyl/N-ethyl adjacent to an activating group) is 1. The third-order valence-corrected chi connectivity index (χ3v) is 4.96. The van der Waals surface area contributed by atoms with Crippen molar-refractivity contribution in [3.8, 4) is 0 Å². The number of amides is 2. The lowest BCUT2D eigenvalue weighted by molar-refractivity contribution is -0.135. The normalized spacial score (nSPS) is 17.4. The van der Waals surface area contributed by atoms with Crippen LogP contribution < -0.4 is 10.2 Å². The maximum absolute atomic E-state index is 12.6. The molecule has 0 saturated carbocycles. The first-order valence-electron chi connectivity index (χ1n) is 8.89. The van der Waals surface area contributed by atoms with Crippen LogP contribution in [0.25, 0.3) is 5.57 Å². The molecule has 1 N–H and O–H groups in total. The van der Waals surface area contributed by atoms with Crippen molar-refractivity contribution in [3.63, 3.8) is 0 Å². The smallest absolute Gasteiger partial charge is 0.277 e. The molecule has 0 aliphatic carbocycles. The van der Waals surface area contributed by atoms with Crippen LogP contribution in [0.5, 0.6) is 0 Å². The van der Waals surface area contributed by atoms with Gasteiger partial charge in [0.05, 0.1) is 5.57 Å². The van der Waals surface area contributed by atoms with Gasteiger partial charge in [-0.15, -0.1) is 0 Å². The van der Waals surface area contributed by atoms with Gasteiger partial charge in [-0.1, -0.05) is 30.3 Å². The topological polar surface area (TPSA) is 52.7 Å². The molecule has 5 nitrogen and oxygen atoms in total. The van der Waals surface area contributed by atoms with Crippen LogP contribution in [0.1, 0.15) is 18.4 Å². The summed E-state index contributed by atoms with van der Waals surface area (Å²) in [6.45, 7) is 2.18. The van der Waals surface area contributed by atoms with Crippen LogP contribution in [0.4, 0.5) is 11.4 Å². The van der Waals surface area contributed by atoms with E-state index < -0.39 is 0 Å². The fourth-order valence-electron chi connectivity index (χ4n) is 3.51. The lowest BCUT2D eigenvalue weighted by Crippen LogP contribution is -2.27. The first-order chi connectivity index (χ1) is 12.6. The summed E-state index contributed by atoms with van der Waals surface area (Å²) in [5.41, 5.74) is 3.48. The number of hydrogen-bond donors (Lipinski definition) is 1. The highest BCUT2D eigenvalue weighted by Crippen LogP contribution is 2.30. The van der Waals surface area contributed by atoms with E-state index in [-0.39, 0.29) is 11.8 Å². The Kier molecular flexibility index (Phi) is 4.21. The molecule has 1 fully saturated rings. The van der Waals surface area contributed by atoms with Crippen LogP contribution in [0.15, 0.2) is 60.3 Å². The quantitative estimate of drug-likeness (QED) is 0.864. The van der Waals surface area contributed by atoms with E-state index in [1.807, 2.05) is 42.5 Å². The summed E-state index contributed by atoms with van der Waals surface area (Å²) in [4.78, 5) is 28.6. The Labute approximate surface area is 152 Å². The van der Waals surface area contributed by atoms with E-state index in [4.69, 9.17) is 0 Å². The van der Waals surface area contributed by atoms with Gasteiger partial charge in [0.25, 0.3) is 11.8 Å². The molecule has 2 heterocycles. The predicted octanol–water partition coefficient (Wildman–Crippen LogP) is 3.11. The zero-order valence-corrected chi connectivity index (χ0v) is 14.7. The minimum absolute atomic E-state index is 0.280. The molecular weight excluding hydrogens is 326 g/mol. The molecule has 132 valence electrons. The number of hydrogen-bond acceptors (Lipinski definition) is 4. The summed E-state index contributed by atoms with van der Waals surface area (Å²) in [5, 5.41) is 3.17. The third-order valence-electron chi connectivity index (χ3n) is 4.96. The summed E-state index contributed by atoms with van der Waals surface area (Å²) >= 11 is 0. The first kappa shape index (κ1) is 16.4. The van der Waals surface area contributed by atoms with Crippen LogP contribution in [-0.2, 0) is 9.59 Å². The molecule has 0 radical (unpaired) electrons. The molecule has 0 atom stereocenters. The number of nitrogens with one attached hydrogen (secondary N) is 1. The van der Waals surface area contributed by atoms with Crippen molar-refractivity contribution in [2.24, 2.45) is 0 Å². The number of benzene rings is 2. The second kappa shape index (κ2) is 6.67. The first-order valence-corrected chi connectivity index (χ1v) is 8.89. The van der Waals surface area contributed by atoms with Crippen LogP contribution in [0, 0.1) is 0 Å². The number of anilines is 2. The highest BCUT2D eigenvalue weighted by atomic mass is 16.2. The lowest BCUT2D eigenvalue weighted by atomic mass is 10.0. The second-order valence-corrected chi connectivity index (χ2v) is 6.65.